The van der Waals surface area contributed by atoms with E-state index in [9.17, 15) is 14.0 Å². The maximum atomic E-state index is 14.5. The van der Waals surface area contributed by atoms with Crippen molar-refractivity contribution >= 4 is 11.9 Å². The number of nitrogens with zero attached hydrogens (tertiary/aromatic N) is 2. The Morgan fingerprint density at radius 3 is 2.83 bits per heavy atom. The molecule has 1 fully saturated rings. The summed E-state index contributed by atoms with van der Waals surface area (Å²) in [5.74, 6) is -0.727. The number of anilines is 1. The number of benzene rings is 1. The number of nitrogens with one attached hydrogen (secondary N) is 2. The van der Waals surface area contributed by atoms with Gasteiger partial charge in [-0.15, -0.1) is 0 Å². The first-order valence-electron chi connectivity index (χ1n) is 9.88. The minimum absolute atomic E-state index is 0.00349. The van der Waals surface area contributed by atoms with Crippen LogP contribution in [0, 0.1) is 11.7 Å². The van der Waals surface area contributed by atoms with Gasteiger partial charge in [-0.25, -0.2) is 14.4 Å². The Morgan fingerprint density at radius 2 is 2.03 bits per heavy atom. The second-order valence-electron chi connectivity index (χ2n) is 7.49. The molecule has 4 N–H and O–H groups in total. The minimum Gasteiger partial charge on any atom is -0.369 e. The molecule has 0 spiro atoms. The van der Waals surface area contributed by atoms with Gasteiger partial charge in [0.2, 0.25) is 11.9 Å². The van der Waals surface area contributed by atoms with Gasteiger partial charge >= 0.3 is 0 Å². The van der Waals surface area contributed by atoms with Crippen LogP contribution in [0.3, 0.4) is 0 Å². The summed E-state index contributed by atoms with van der Waals surface area (Å²) in [5, 5.41) is 3.21. The van der Waals surface area contributed by atoms with Gasteiger partial charge in [-0.3, -0.25) is 9.59 Å². The molecule has 2 aromatic heterocycles. The topological polar surface area (TPSA) is 114 Å². The maximum Gasteiger partial charge on any atom is 0.255 e. The van der Waals surface area contributed by atoms with Gasteiger partial charge in [0.1, 0.15) is 5.69 Å². The number of aromatic amines is 1. The van der Waals surface area contributed by atoms with Crippen LogP contribution < -0.4 is 16.6 Å². The number of amides is 1. The minimum atomic E-state index is -0.557. The SMILES string of the molecule is NC(=O)[C@H]1CCC[C@@H](Nc2ncc(F)c(-c3cccc(-c4ccc[nH]c4=O)c3)n2)C1. The molecular formula is C22H22FN5O2. The van der Waals surface area contributed by atoms with Gasteiger partial charge < -0.3 is 16.0 Å². The van der Waals surface area contributed by atoms with Gasteiger partial charge in [0.05, 0.1) is 6.20 Å². The molecule has 0 saturated heterocycles. The standard InChI is InChI=1S/C22H22FN5O2/c23-18-12-26-22(27-16-7-2-6-15(11-16)20(24)29)28-19(18)14-5-1-4-13(10-14)17-8-3-9-25-21(17)30/h1,3-5,8-10,12,15-16H,2,6-7,11H2,(H2,24,29)(H,25,30)(H,26,27,28)/t15-,16+/m0/s1. The van der Waals surface area contributed by atoms with E-state index in [-0.39, 0.29) is 29.1 Å². The van der Waals surface area contributed by atoms with E-state index in [0.717, 1.165) is 25.5 Å². The number of hydrogen-bond acceptors (Lipinski definition) is 5. The van der Waals surface area contributed by atoms with E-state index in [1.807, 2.05) is 0 Å². The van der Waals surface area contributed by atoms with Gasteiger partial charge in [0, 0.05) is 29.3 Å². The molecule has 3 aromatic rings. The Hall–Kier alpha value is -3.55. The molecule has 4 rings (SSSR count). The zero-order valence-corrected chi connectivity index (χ0v) is 16.3. The van der Waals surface area contributed by atoms with Gasteiger partial charge in [-0.05, 0) is 43.0 Å². The lowest BCUT2D eigenvalue weighted by atomic mass is 9.85. The average molecular weight is 407 g/mol. The average Bonchev–Trinajstić information content (AvgIpc) is 2.76. The van der Waals surface area contributed by atoms with E-state index in [1.165, 1.54) is 0 Å². The number of carbonyl (C=O) groups excluding carboxylic acids is 1. The number of pyridine rings is 1. The van der Waals surface area contributed by atoms with Crippen LogP contribution in [0.5, 0.6) is 0 Å². The fourth-order valence-electron chi connectivity index (χ4n) is 3.88. The molecule has 0 unspecified atom stereocenters. The number of hydrogen-bond donors (Lipinski definition) is 3. The van der Waals surface area contributed by atoms with Crippen LogP contribution in [0.25, 0.3) is 22.4 Å². The molecule has 1 aliphatic rings. The van der Waals surface area contributed by atoms with E-state index in [1.54, 1.807) is 42.6 Å². The van der Waals surface area contributed by atoms with Crippen LogP contribution in [0.2, 0.25) is 0 Å². The molecule has 1 amide bonds. The highest BCUT2D eigenvalue weighted by Gasteiger charge is 2.26. The van der Waals surface area contributed by atoms with E-state index in [0.29, 0.717) is 29.1 Å². The number of primary amides is 1. The fraction of sp³-hybridized carbons (Fsp3) is 0.273. The first-order valence-corrected chi connectivity index (χ1v) is 9.88. The highest BCUT2D eigenvalue weighted by Crippen LogP contribution is 2.28. The van der Waals surface area contributed by atoms with Gasteiger partial charge in [-0.1, -0.05) is 24.6 Å². The molecule has 154 valence electrons. The number of halogens is 1. The Balaban J connectivity index is 1.61. The van der Waals surface area contributed by atoms with E-state index < -0.39 is 5.82 Å². The predicted octanol–water partition coefficient (Wildman–Crippen LogP) is 3.09. The van der Waals surface area contributed by atoms with Crippen molar-refractivity contribution in [2.75, 3.05) is 5.32 Å². The Bertz CT molecular complexity index is 1130. The fourth-order valence-corrected chi connectivity index (χ4v) is 3.88. The molecule has 30 heavy (non-hydrogen) atoms. The van der Waals surface area contributed by atoms with E-state index in [4.69, 9.17) is 5.73 Å². The molecule has 1 aliphatic carbocycles. The quantitative estimate of drug-likeness (QED) is 0.601. The summed E-state index contributed by atoms with van der Waals surface area (Å²) in [6, 6.07) is 10.5. The first kappa shape index (κ1) is 19.8. The van der Waals surface area contributed by atoms with Gasteiger partial charge in [-0.2, -0.15) is 0 Å². The Labute approximate surface area is 172 Å². The van der Waals surface area contributed by atoms with E-state index >= 15 is 0 Å². The third-order valence-electron chi connectivity index (χ3n) is 5.42. The van der Waals surface area contributed by atoms with Crippen molar-refractivity contribution in [2.24, 2.45) is 11.7 Å². The van der Waals surface area contributed by atoms with Gasteiger partial charge in [0.15, 0.2) is 5.82 Å². The highest BCUT2D eigenvalue weighted by molar-refractivity contribution is 5.76. The zero-order chi connectivity index (χ0) is 21.1. The summed E-state index contributed by atoms with van der Waals surface area (Å²) in [7, 11) is 0. The highest BCUT2D eigenvalue weighted by atomic mass is 19.1. The van der Waals surface area contributed by atoms with Crippen LogP contribution in [0.1, 0.15) is 25.7 Å². The Kier molecular flexibility index (Phi) is 5.56. The smallest absolute Gasteiger partial charge is 0.255 e. The molecule has 0 radical (unpaired) electrons. The molecule has 0 aliphatic heterocycles. The lowest BCUT2D eigenvalue weighted by Crippen LogP contribution is -2.34. The van der Waals surface area contributed by atoms with Crippen molar-refractivity contribution in [3.05, 3.63) is 65.0 Å². The number of nitrogens with two attached hydrogens (primary N) is 1. The van der Waals surface area contributed by atoms with Crippen molar-refractivity contribution in [3.8, 4) is 22.4 Å². The van der Waals surface area contributed by atoms with Crippen molar-refractivity contribution in [1.29, 1.82) is 0 Å². The molecule has 2 atom stereocenters. The molecule has 8 heteroatoms. The molecule has 2 heterocycles. The number of carbonyl (C=O) groups is 1. The van der Waals surface area contributed by atoms with Crippen molar-refractivity contribution in [2.45, 2.75) is 31.7 Å². The monoisotopic (exact) mass is 407 g/mol. The maximum absolute atomic E-state index is 14.5. The first-order chi connectivity index (χ1) is 14.5. The summed E-state index contributed by atoms with van der Waals surface area (Å²) < 4.78 is 14.5. The summed E-state index contributed by atoms with van der Waals surface area (Å²) in [4.78, 5) is 34.6. The molecule has 0 bridgehead atoms. The second-order valence-corrected chi connectivity index (χ2v) is 7.49. The number of H-pyrrole nitrogens is 1. The van der Waals surface area contributed by atoms with Crippen LogP contribution >= 0.6 is 0 Å². The summed E-state index contributed by atoms with van der Waals surface area (Å²) in [6.07, 6.45) is 5.83. The van der Waals surface area contributed by atoms with Crippen LogP contribution in [0.15, 0.2) is 53.6 Å². The number of rotatable bonds is 5. The van der Waals surface area contributed by atoms with E-state index in [2.05, 4.69) is 20.3 Å². The van der Waals surface area contributed by atoms with Crippen molar-refractivity contribution < 1.29 is 9.18 Å². The summed E-state index contributed by atoms with van der Waals surface area (Å²) >= 11 is 0. The molecular weight excluding hydrogens is 385 g/mol. The van der Waals surface area contributed by atoms with Crippen molar-refractivity contribution in [3.63, 3.8) is 0 Å². The van der Waals surface area contributed by atoms with Crippen molar-refractivity contribution in [1.82, 2.24) is 15.0 Å². The third kappa shape index (κ3) is 4.22. The van der Waals surface area contributed by atoms with Gasteiger partial charge in [0.25, 0.3) is 5.56 Å². The number of aromatic nitrogens is 3. The largest absolute Gasteiger partial charge is 0.369 e. The normalized spacial score (nSPS) is 18.7. The molecule has 1 aromatic carbocycles. The third-order valence-corrected chi connectivity index (χ3v) is 5.42. The molecule has 1 saturated carbocycles. The lowest BCUT2D eigenvalue weighted by Gasteiger charge is -2.27. The lowest BCUT2D eigenvalue weighted by molar-refractivity contribution is -0.122. The predicted molar refractivity (Wildman–Crippen MR) is 112 cm³/mol. The zero-order valence-electron chi connectivity index (χ0n) is 16.3. The Morgan fingerprint density at radius 1 is 1.20 bits per heavy atom. The second kappa shape index (κ2) is 8.44. The molecule has 7 nitrogen and oxygen atoms in total. The summed E-state index contributed by atoms with van der Waals surface area (Å²) in [5.41, 5.74) is 7.06. The van der Waals surface area contributed by atoms with Crippen LogP contribution in [0.4, 0.5) is 10.3 Å². The van der Waals surface area contributed by atoms with Crippen LogP contribution in [-0.4, -0.2) is 26.9 Å². The van der Waals surface area contributed by atoms with Crippen LogP contribution in [-0.2, 0) is 4.79 Å². The summed E-state index contributed by atoms with van der Waals surface area (Å²) in [6.45, 7) is 0.